The van der Waals surface area contributed by atoms with E-state index in [2.05, 4.69) is 0 Å². The summed E-state index contributed by atoms with van der Waals surface area (Å²) in [5.41, 5.74) is 0. The third kappa shape index (κ3) is 2.63. The quantitative estimate of drug-likeness (QED) is 0.855. The molecule has 5 heteroatoms. The molecular weight excluding hydrogens is 256 g/mol. The van der Waals surface area contributed by atoms with Crippen LogP contribution in [0.5, 0.6) is 0 Å². The molecule has 3 atom stereocenters. The molecule has 3 unspecified atom stereocenters. The van der Waals surface area contributed by atoms with Gasteiger partial charge in [-0.25, -0.2) is 4.79 Å². The van der Waals surface area contributed by atoms with Crippen molar-refractivity contribution in [3.63, 3.8) is 0 Å². The first kappa shape index (κ1) is 13.7. The molecular formula is C15H24N2O3. The van der Waals surface area contributed by atoms with Gasteiger partial charge < -0.3 is 14.9 Å². The second-order valence-electron chi connectivity index (χ2n) is 6.97. The molecule has 1 aliphatic heterocycles. The number of hydrogen-bond acceptors (Lipinski definition) is 2. The van der Waals surface area contributed by atoms with E-state index in [-0.39, 0.29) is 18.4 Å². The molecule has 0 aromatic heterocycles. The van der Waals surface area contributed by atoms with Crippen LogP contribution in [-0.2, 0) is 4.79 Å². The summed E-state index contributed by atoms with van der Waals surface area (Å²) in [5, 5.41) is 8.72. The summed E-state index contributed by atoms with van der Waals surface area (Å²) in [5.74, 6) is 1.83. The Morgan fingerprint density at radius 3 is 2.55 bits per heavy atom. The number of carboxylic acid groups (broad SMARTS) is 1. The Balaban J connectivity index is 1.43. The minimum Gasteiger partial charge on any atom is -0.481 e. The van der Waals surface area contributed by atoms with Crippen molar-refractivity contribution in [3.8, 4) is 0 Å². The number of nitrogens with zero attached hydrogens (tertiary/aromatic N) is 2. The van der Waals surface area contributed by atoms with E-state index >= 15 is 0 Å². The zero-order chi connectivity index (χ0) is 14.3. The van der Waals surface area contributed by atoms with Crippen molar-refractivity contribution in [2.45, 2.75) is 32.1 Å². The summed E-state index contributed by atoms with van der Waals surface area (Å²) < 4.78 is 0. The maximum atomic E-state index is 12.3. The molecule has 0 spiro atoms. The van der Waals surface area contributed by atoms with Crippen LogP contribution in [0.25, 0.3) is 0 Å². The van der Waals surface area contributed by atoms with E-state index in [1.807, 2.05) is 11.9 Å². The zero-order valence-corrected chi connectivity index (χ0v) is 12.1. The van der Waals surface area contributed by atoms with Crippen LogP contribution in [0.1, 0.15) is 32.1 Å². The second kappa shape index (κ2) is 5.26. The molecule has 112 valence electrons. The summed E-state index contributed by atoms with van der Waals surface area (Å²) in [4.78, 5) is 26.5. The van der Waals surface area contributed by atoms with E-state index in [0.29, 0.717) is 19.0 Å². The SMILES string of the molecule is CN(CC1CC2CCC1C2)C(=O)N1CC(CC(=O)O)C1. The highest BCUT2D eigenvalue weighted by atomic mass is 16.4. The second-order valence-corrected chi connectivity index (χ2v) is 6.97. The van der Waals surface area contributed by atoms with Gasteiger partial charge in [0.1, 0.15) is 0 Å². The molecule has 2 amide bonds. The molecule has 5 nitrogen and oxygen atoms in total. The molecule has 2 aliphatic carbocycles. The molecule has 2 saturated carbocycles. The fraction of sp³-hybridized carbons (Fsp3) is 0.867. The van der Waals surface area contributed by atoms with Crippen molar-refractivity contribution >= 4 is 12.0 Å². The highest BCUT2D eigenvalue weighted by molar-refractivity contribution is 5.75. The highest BCUT2D eigenvalue weighted by Crippen LogP contribution is 2.48. The lowest BCUT2D eigenvalue weighted by Gasteiger charge is -2.41. The number of aliphatic carboxylic acids is 1. The van der Waals surface area contributed by atoms with Crippen LogP contribution in [0.3, 0.4) is 0 Å². The van der Waals surface area contributed by atoms with Crippen molar-refractivity contribution in [2.24, 2.45) is 23.7 Å². The molecule has 0 radical (unpaired) electrons. The maximum absolute atomic E-state index is 12.3. The van der Waals surface area contributed by atoms with Gasteiger partial charge in [0.25, 0.3) is 0 Å². The van der Waals surface area contributed by atoms with Gasteiger partial charge in [0.15, 0.2) is 0 Å². The van der Waals surface area contributed by atoms with Crippen LogP contribution in [0.4, 0.5) is 4.79 Å². The van der Waals surface area contributed by atoms with Gasteiger partial charge in [-0.15, -0.1) is 0 Å². The van der Waals surface area contributed by atoms with Gasteiger partial charge in [-0.3, -0.25) is 4.79 Å². The smallest absolute Gasteiger partial charge is 0.319 e. The first-order valence-corrected chi connectivity index (χ1v) is 7.74. The molecule has 0 aromatic carbocycles. The van der Waals surface area contributed by atoms with Gasteiger partial charge in [0.2, 0.25) is 0 Å². The third-order valence-electron chi connectivity index (χ3n) is 5.41. The molecule has 1 heterocycles. The number of carboxylic acids is 1. The topological polar surface area (TPSA) is 60.9 Å². The predicted molar refractivity (Wildman–Crippen MR) is 74.3 cm³/mol. The zero-order valence-electron chi connectivity index (χ0n) is 12.1. The number of hydrogen-bond donors (Lipinski definition) is 1. The third-order valence-corrected chi connectivity index (χ3v) is 5.41. The molecule has 0 aromatic rings. The number of fused-ring (bicyclic) bond motifs is 2. The number of likely N-dealkylation sites (tertiary alicyclic amines) is 1. The van der Waals surface area contributed by atoms with E-state index in [0.717, 1.165) is 18.4 Å². The minimum absolute atomic E-state index is 0.0782. The molecule has 3 rings (SSSR count). The summed E-state index contributed by atoms with van der Waals surface area (Å²) in [7, 11) is 1.89. The standard InChI is InChI=1S/C15H24N2O3/c1-16(9-13-5-10-2-3-12(13)4-10)15(20)17-7-11(8-17)6-14(18)19/h10-13H,2-9H2,1H3,(H,18,19). The number of urea groups is 1. The Morgan fingerprint density at radius 2 is 2.00 bits per heavy atom. The van der Waals surface area contributed by atoms with E-state index in [1.54, 1.807) is 4.90 Å². The Labute approximate surface area is 119 Å². The highest BCUT2D eigenvalue weighted by Gasteiger charge is 2.41. The van der Waals surface area contributed by atoms with Crippen LogP contribution in [0.2, 0.25) is 0 Å². The first-order chi connectivity index (χ1) is 9.52. The van der Waals surface area contributed by atoms with Crippen LogP contribution < -0.4 is 0 Å². The Morgan fingerprint density at radius 1 is 1.25 bits per heavy atom. The van der Waals surface area contributed by atoms with Crippen LogP contribution in [0, 0.1) is 23.7 Å². The minimum atomic E-state index is -0.766. The van der Waals surface area contributed by atoms with E-state index in [4.69, 9.17) is 5.11 Å². The number of carbonyl (C=O) groups excluding carboxylic acids is 1. The van der Waals surface area contributed by atoms with Gasteiger partial charge in [0, 0.05) is 32.6 Å². The maximum Gasteiger partial charge on any atom is 0.319 e. The fourth-order valence-electron chi connectivity index (χ4n) is 4.37. The van der Waals surface area contributed by atoms with Crippen molar-refractivity contribution in [1.82, 2.24) is 9.80 Å². The van der Waals surface area contributed by atoms with Crippen LogP contribution >= 0.6 is 0 Å². The van der Waals surface area contributed by atoms with Crippen molar-refractivity contribution in [3.05, 3.63) is 0 Å². The molecule has 1 N–H and O–H groups in total. The molecule has 20 heavy (non-hydrogen) atoms. The summed E-state index contributed by atoms with van der Waals surface area (Å²) in [6.07, 6.45) is 5.59. The van der Waals surface area contributed by atoms with Crippen molar-refractivity contribution in [1.29, 1.82) is 0 Å². The summed E-state index contributed by atoms with van der Waals surface area (Å²) in [6.45, 7) is 2.08. The summed E-state index contributed by atoms with van der Waals surface area (Å²) in [6, 6.07) is 0.0782. The number of amides is 2. The lowest BCUT2D eigenvalue weighted by molar-refractivity contribution is -0.139. The largest absolute Gasteiger partial charge is 0.481 e. The Hall–Kier alpha value is -1.26. The van der Waals surface area contributed by atoms with Gasteiger partial charge in [-0.2, -0.15) is 0 Å². The van der Waals surface area contributed by atoms with Crippen molar-refractivity contribution < 1.29 is 14.7 Å². The summed E-state index contributed by atoms with van der Waals surface area (Å²) >= 11 is 0. The first-order valence-electron chi connectivity index (χ1n) is 7.74. The average Bonchev–Trinajstić information content (AvgIpc) is 2.94. The Kier molecular flexibility index (Phi) is 3.61. The van der Waals surface area contributed by atoms with Crippen LogP contribution in [-0.4, -0.2) is 53.6 Å². The molecule has 2 bridgehead atoms. The van der Waals surface area contributed by atoms with Crippen molar-refractivity contribution in [2.75, 3.05) is 26.7 Å². The predicted octanol–water partition coefficient (Wildman–Crippen LogP) is 1.88. The number of carbonyl (C=O) groups is 2. The molecule has 1 saturated heterocycles. The van der Waals surface area contributed by atoms with Gasteiger partial charge in [-0.1, -0.05) is 6.42 Å². The van der Waals surface area contributed by atoms with E-state index in [1.165, 1.54) is 25.7 Å². The number of rotatable bonds is 4. The fourth-order valence-corrected chi connectivity index (χ4v) is 4.37. The Bertz CT molecular complexity index is 406. The monoisotopic (exact) mass is 280 g/mol. The molecule has 3 aliphatic rings. The van der Waals surface area contributed by atoms with Gasteiger partial charge in [-0.05, 0) is 37.0 Å². The van der Waals surface area contributed by atoms with Gasteiger partial charge >= 0.3 is 12.0 Å². The lowest BCUT2D eigenvalue weighted by Crippen LogP contribution is -2.55. The normalized spacial score (nSPS) is 32.2. The molecule has 3 fully saturated rings. The van der Waals surface area contributed by atoms with E-state index < -0.39 is 5.97 Å². The van der Waals surface area contributed by atoms with Gasteiger partial charge in [0.05, 0.1) is 6.42 Å². The lowest BCUT2D eigenvalue weighted by atomic mass is 9.88. The average molecular weight is 280 g/mol. The van der Waals surface area contributed by atoms with Crippen LogP contribution in [0.15, 0.2) is 0 Å². The van der Waals surface area contributed by atoms with E-state index in [9.17, 15) is 9.59 Å².